The maximum Gasteiger partial charge on any atom is 0.264 e. The lowest BCUT2D eigenvalue weighted by Gasteiger charge is -2.31. The first-order chi connectivity index (χ1) is 16.6. The lowest BCUT2D eigenvalue weighted by Crippen LogP contribution is -2.50. The van der Waals surface area contributed by atoms with E-state index in [-0.39, 0.29) is 23.0 Å². The Hall–Kier alpha value is -3.72. The Balaban J connectivity index is 2.00. The summed E-state index contributed by atoms with van der Waals surface area (Å²) in [7, 11) is -2.74. The molecule has 0 aliphatic carbocycles. The molecule has 1 N–H and O–H groups in total. The Bertz CT molecular complexity index is 1280. The van der Waals surface area contributed by atoms with Crippen molar-refractivity contribution in [3.8, 4) is 0 Å². The van der Waals surface area contributed by atoms with Crippen molar-refractivity contribution in [2.45, 2.75) is 31.3 Å². The van der Waals surface area contributed by atoms with Gasteiger partial charge < -0.3 is 10.2 Å². The summed E-state index contributed by atoms with van der Waals surface area (Å²) < 4.78 is 41.5. The molecule has 0 saturated carbocycles. The van der Waals surface area contributed by atoms with Crippen molar-refractivity contribution in [2.75, 3.05) is 17.9 Å². The van der Waals surface area contributed by atoms with Crippen LogP contribution >= 0.6 is 0 Å². The van der Waals surface area contributed by atoms with Crippen LogP contribution in [0.2, 0.25) is 0 Å². The van der Waals surface area contributed by atoms with E-state index in [1.54, 1.807) is 37.3 Å². The molecule has 0 aromatic heterocycles. The van der Waals surface area contributed by atoms with E-state index < -0.39 is 34.3 Å². The number of rotatable bonds is 9. The zero-order valence-corrected chi connectivity index (χ0v) is 20.6. The van der Waals surface area contributed by atoms with E-state index in [4.69, 9.17) is 0 Å². The molecule has 2 amide bonds. The Kier molecular flexibility index (Phi) is 8.24. The number of halogens is 1. The molecule has 1 atom stereocenters. The molecule has 0 unspecified atom stereocenters. The van der Waals surface area contributed by atoms with Crippen LogP contribution in [0, 0.1) is 12.7 Å². The summed E-state index contributed by atoms with van der Waals surface area (Å²) >= 11 is 0. The molecule has 184 valence electrons. The molecular formula is C26H28FN3O4S. The van der Waals surface area contributed by atoms with Crippen LogP contribution in [0.15, 0.2) is 83.8 Å². The van der Waals surface area contributed by atoms with Gasteiger partial charge in [0.25, 0.3) is 10.0 Å². The fourth-order valence-corrected chi connectivity index (χ4v) is 5.07. The van der Waals surface area contributed by atoms with Crippen LogP contribution in [0.3, 0.4) is 0 Å². The van der Waals surface area contributed by atoms with E-state index in [0.29, 0.717) is 0 Å². The second kappa shape index (κ2) is 11.1. The van der Waals surface area contributed by atoms with Crippen LogP contribution in [-0.4, -0.2) is 44.8 Å². The molecule has 0 saturated heterocycles. The highest BCUT2D eigenvalue weighted by atomic mass is 32.2. The van der Waals surface area contributed by atoms with Crippen LogP contribution in [0.1, 0.15) is 18.1 Å². The Morgan fingerprint density at radius 1 is 0.971 bits per heavy atom. The van der Waals surface area contributed by atoms with Crippen LogP contribution in [-0.2, 0) is 26.2 Å². The zero-order chi connectivity index (χ0) is 25.6. The predicted molar refractivity (Wildman–Crippen MR) is 133 cm³/mol. The average Bonchev–Trinajstić information content (AvgIpc) is 2.85. The summed E-state index contributed by atoms with van der Waals surface area (Å²) in [6.45, 7) is 3.09. The van der Waals surface area contributed by atoms with Crippen LogP contribution < -0.4 is 9.62 Å². The smallest absolute Gasteiger partial charge is 0.264 e. The summed E-state index contributed by atoms with van der Waals surface area (Å²) in [5, 5.41) is 2.54. The molecule has 0 aliphatic heterocycles. The van der Waals surface area contributed by atoms with Gasteiger partial charge in [0.05, 0.1) is 10.6 Å². The number of nitrogens with zero attached hydrogens (tertiary/aromatic N) is 2. The van der Waals surface area contributed by atoms with Gasteiger partial charge >= 0.3 is 0 Å². The van der Waals surface area contributed by atoms with Gasteiger partial charge in [0, 0.05) is 13.6 Å². The summed E-state index contributed by atoms with van der Waals surface area (Å²) in [5.41, 5.74) is 2.07. The fraction of sp³-hybridized carbons (Fsp3) is 0.231. The number of para-hydroxylation sites is 1. The minimum Gasteiger partial charge on any atom is -0.357 e. The molecule has 0 bridgehead atoms. The van der Waals surface area contributed by atoms with Gasteiger partial charge in [0.2, 0.25) is 11.8 Å². The maximum absolute atomic E-state index is 13.6. The van der Waals surface area contributed by atoms with Gasteiger partial charge in [-0.3, -0.25) is 13.9 Å². The van der Waals surface area contributed by atoms with E-state index in [9.17, 15) is 22.4 Å². The number of hydrogen-bond acceptors (Lipinski definition) is 4. The number of benzene rings is 3. The summed E-state index contributed by atoms with van der Waals surface area (Å²) in [4.78, 5) is 27.2. The predicted octanol–water partition coefficient (Wildman–Crippen LogP) is 3.49. The molecule has 0 spiro atoms. The van der Waals surface area contributed by atoms with Gasteiger partial charge in [-0.2, -0.15) is 0 Å². The van der Waals surface area contributed by atoms with Crippen molar-refractivity contribution in [2.24, 2.45) is 0 Å². The molecule has 0 radical (unpaired) electrons. The Morgan fingerprint density at radius 3 is 2.23 bits per heavy atom. The van der Waals surface area contributed by atoms with Gasteiger partial charge in [-0.25, -0.2) is 12.8 Å². The van der Waals surface area contributed by atoms with E-state index >= 15 is 0 Å². The van der Waals surface area contributed by atoms with E-state index in [1.807, 2.05) is 31.2 Å². The first-order valence-electron chi connectivity index (χ1n) is 11.0. The van der Waals surface area contributed by atoms with Crippen molar-refractivity contribution >= 4 is 27.5 Å². The van der Waals surface area contributed by atoms with Gasteiger partial charge in [0.15, 0.2) is 0 Å². The van der Waals surface area contributed by atoms with Gasteiger partial charge in [-0.15, -0.1) is 0 Å². The monoisotopic (exact) mass is 497 g/mol. The summed E-state index contributed by atoms with van der Waals surface area (Å²) in [6, 6.07) is 19.3. The molecule has 3 rings (SSSR count). The van der Waals surface area contributed by atoms with Gasteiger partial charge in [-0.1, -0.05) is 48.0 Å². The topological polar surface area (TPSA) is 86.8 Å². The molecule has 3 aromatic rings. The molecular weight excluding hydrogens is 469 g/mol. The third-order valence-corrected chi connectivity index (χ3v) is 7.36. The fourth-order valence-electron chi connectivity index (χ4n) is 3.66. The minimum absolute atomic E-state index is 0.119. The van der Waals surface area contributed by atoms with Crippen LogP contribution in [0.4, 0.5) is 10.1 Å². The number of carbonyl (C=O) groups excluding carboxylic acids is 2. The third kappa shape index (κ3) is 6.24. The van der Waals surface area contributed by atoms with Crippen molar-refractivity contribution in [1.29, 1.82) is 0 Å². The Morgan fingerprint density at radius 2 is 1.63 bits per heavy atom. The van der Waals surface area contributed by atoms with Crippen molar-refractivity contribution in [1.82, 2.24) is 10.2 Å². The highest BCUT2D eigenvalue weighted by molar-refractivity contribution is 7.92. The molecule has 3 aromatic carbocycles. The second-order valence-corrected chi connectivity index (χ2v) is 9.96. The average molecular weight is 498 g/mol. The summed E-state index contributed by atoms with van der Waals surface area (Å²) in [5.74, 6) is -1.51. The number of carbonyl (C=O) groups is 2. The number of hydrogen-bond donors (Lipinski definition) is 1. The van der Waals surface area contributed by atoms with E-state index in [0.717, 1.165) is 39.7 Å². The van der Waals surface area contributed by atoms with Crippen LogP contribution in [0.25, 0.3) is 0 Å². The summed E-state index contributed by atoms with van der Waals surface area (Å²) in [6.07, 6.45) is 0. The van der Waals surface area contributed by atoms with E-state index in [1.165, 1.54) is 11.9 Å². The normalized spacial score (nSPS) is 12.0. The Labute approximate surface area is 205 Å². The molecule has 0 fully saturated rings. The zero-order valence-electron chi connectivity index (χ0n) is 19.8. The number of sulfonamides is 1. The van der Waals surface area contributed by atoms with Gasteiger partial charge in [-0.05, 0) is 55.8 Å². The number of amides is 2. The molecule has 0 heterocycles. The first kappa shape index (κ1) is 25.9. The van der Waals surface area contributed by atoms with Crippen LogP contribution in [0.5, 0.6) is 0 Å². The minimum atomic E-state index is -4.21. The number of nitrogens with one attached hydrogen (secondary N) is 1. The quantitative estimate of drug-likeness (QED) is 0.490. The lowest BCUT2D eigenvalue weighted by molar-refractivity contribution is -0.139. The first-order valence-corrected chi connectivity index (χ1v) is 12.5. The largest absolute Gasteiger partial charge is 0.357 e. The molecule has 0 aliphatic rings. The maximum atomic E-state index is 13.6. The van der Waals surface area contributed by atoms with Crippen molar-refractivity contribution in [3.05, 3.63) is 95.8 Å². The van der Waals surface area contributed by atoms with Crippen molar-refractivity contribution < 1.29 is 22.4 Å². The number of likely N-dealkylation sites (N-methyl/N-ethyl adjacent to an activating group) is 1. The highest BCUT2D eigenvalue weighted by Crippen LogP contribution is 2.24. The molecule has 9 heteroatoms. The van der Waals surface area contributed by atoms with Crippen molar-refractivity contribution in [3.63, 3.8) is 0 Å². The number of anilines is 1. The standard InChI is InChI=1S/C26H28FN3O4S/c1-19-8-7-9-21(16-19)17-29(20(2)26(32)28-3)25(31)18-30(23-10-5-4-6-11-23)35(33,34)24-14-12-22(27)13-15-24/h4-16,20H,17-18H2,1-3H3,(H,28,32)/t20-/m0/s1. The highest BCUT2D eigenvalue weighted by Gasteiger charge is 2.32. The van der Waals surface area contributed by atoms with Gasteiger partial charge in [0.1, 0.15) is 18.4 Å². The molecule has 7 nitrogen and oxygen atoms in total. The SMILES string of the molecule is CNC(=O)[C@H](C)N(Cc1cccc(C)c1)C(=O)CN(c1ccccc1)S(=O)(=O)c1ccc(F)cc1. The lowest BCUT2D eigenvalue weighted by atomic mass is 10.1. The van der Waals surface area contributed by atoms with E-state index in [2.05, 4.69) is 5.32 Å². The number of aryl methyl sites for hydroxylation is 1. The third-order valence-electron chi connectivity index (χ3n) is 5.57. The molecule has 35 heavy (non-hydrogen) atoms. The second-order valence-electron chi connectivity index (χ2n) is 8.10.